The van der Waals surface area contributed by atoms with Gasteiger partial charge >= 0.3 is 0 Å². The van der Waals surface area contributed by atoms with Gasteiger partial charge < -0.3 is 10.0 Å². The van der Waals surface area contributed by atoms with Crippen molar-refractivity contribution in [2.24, 2.45) is 0 Å². The minimum atomic E-state index is 0.0214. The number of hydrogen-bond acceptors (Lipinski definition) is 2. The van der Waals surface area contributed by atoms with Crippen LogP contribution in [0.4, 0.5) is 0 Å². The minimum Gasteiger partial charge on any atom is -0.395 e. The van der Waals surface area contributed by atoms with E-state index >= 15 is 0 Å². The molecule has 1 aromatic carbocycles. The van der Waals surface area contributed by atoms with E-state index in [-0.39, 0.29) is 5.41 Å². The molecule has 2 fully saturated rings. The van der Waals surface area contributed by atoms with Gasteiger partial charge in [-0.2, -0.15) is 0 Å². The molecule has 1 saturated carbocycles. The summed E-state index contributed by atoms with van der Waals surface area (Å²) in [4.78, 5) is 2.70. The number of aliphatic hydroxyl groups excluding tert-OH is 1. The van der Waals surface area contributed by atoms with E-state index in [2.05, 4.69) is 35.2 Å². The molecule has 0 amide bonds. The summed E-state index contributed by atoms with van der Waals surface area (Å²) in [7, 11) is 0. The van der Waals surface area contributed by atoms with Gasteiger partial charge in [0, 0.05) is 11.5 Å². The zero-order valence-corrected chi connectivity index (χ0v) is 12.4. The lowest BCUT2D eigenvalue weighted by atomic mass is 9.68. The Bertz CT molecular complexity index is 403. The van der Waals surface area contributed by atoms with Crippen LogP contribution in [0.2, 0.25) is 0 Å². The van der Waals surface area contributed by atoms with E-state index in [1.165, 1.54) is 50.8 Å². The van der Waals surface area contributed by atoms with Crippen LogP contribution < -0.4 is 0 Å². The Balaban J connectivity index is 1.66. The first-order valence-electron chi connectivity index (χ1n) is 8.24. The molecule has 110 valence electrons. The molecule has 1 N–H and O–H groups in total. The minimum absolute atomic E-state index is 0.0214. The highest BCUT2D eigenvalue weighted by molar-refractivity contribution is 5.26. The summed E-state index contributed by atoms with van der Waals surface area (Å²) in [5.41, 5.74) is 1.35. The van der Waals surface area contributed by atoms with Gasteiger partial charge in [-0.05, 0) is 57.2 Å². The zero-order chi connectivity index (χ0) is 13.8. The second-order valence-electron chi connectivity index (χ2n) is 6.63. The summed E-state index contributed by atoms with van der Waals surface area (Å²) >= 11 is 0. The lowest BCUT2D eigenvalue weighted by Crippen LogP contribution is -2.45. The van der Waals surface area contributed by atoms with E-state index in [1.54, 1.807) is 0 Å². The van der Waals surface area contributed by atoms with Crippen LogP contribution in [0.15, 0.2) is 30.3 Å². The van der Waals surface area contributed by atoms with Crippen LogP contribution in [0, 0.1) is 0 Å². The molecule has 1 aliphatic carbocycles. The standard InChI is InChI=1S/C18H27NO/c20-15-18(16-7-3-1-4-8-16)11-9-17(10-12-18)19-13-5-2-6-14-19/h1,3-4,7-8,17,20H,2,5-6,9-15H2. The predicted octanol–water partition coefficient (Wildman–Crippen LogP) is 3.35. The van der Waals surface area contributed by atoms with Crippen molar-refractivity contribution in [3.05, 3.63) is 35.9 Å². The van der Waals surface area contributed by atoms with Crippen molar-refractivity contribution in [3.63, 3.8) is 0 Å². The number of hydrogen-bond donors (Lipinski definition) is 1. The highest BCUT2D eigenvalue weighted by atomic mass is 16.3. The van der Waals surface area contributed by atoms with Gasteiger partial charge in [0.25, 0.3) is 0 Å². The summed E-state index contributed by atoms with van der Waals surface area (Å²) in [6.45, 7) is 2.88. The van der Waals surface area contributed by atoms with Gasteiger partial charge in [-0.1, -0.05) is 36.8 Å². The van der Waals surface area contributed by atoms with Gasteiger partial charge in [-0.3, -0.25) is 0 Å². The third-order valence-electron chi connectivity index (χ3n) is 5.51. The zero-order valence-electron chi connectivity index (χ0n) is 12.4. The predicted molar refractivity (Wildman–Crippen MR) is 82.9 cm³/mol. The SMILES string of the molecule is OCC1(c2ccccc2)CCC(N2CCCCC2)CC1. The van der Waals surface area contributed by atoms with E-state index in [0.717, 1.165) is 18.9 Å². The van der Waals surface area contributed by atoms with Crippen molar-refractivity contribution in [2.45, 2.75) is 56.4 Å². The topological polar surface area (TPSA) is 23.5 Å². The molecule has 0 aromatic heterocycles. The first kappa shape index (κ1) is 14.1. The fourth-order valence-corrected chi connectivity index (χ4v) is 4.13. The molecule has 1 aliphatic heterocycles. The molecule has 2 aliphatic rings. The van der Waals surface area contributed by atoms with Gasteiger partial charge in [0.2, 0.25) is 0 Å². The van der Waals surface area contributed by atoms with Crippen LogP contribution in [0.3, 0.4) is 0 Å². The monoisotopic (exact) mass is 273 g/mol. The number of aliphatic hydroxyl groups is 1. The maximum atomic E-state index is 9.98. The van der Waals surface area contributed by atoms with E-state index in [4.69, 9.17) is 0 Å². The number of piperidine rings is 1. The van der Waals surface area contributed by atoms with Crippen LogP contribution in [-0.2, 0) is 5.41 Å². The average Bonchev–Trinajstić information content (AvgIpc) is 2.56. The molecule has 0 radical (unpaired) electrons. The average molecular weight is 273 g/mol. The van der Waals surface area contributed by atoms with E-state index in [0.29, 0.717) is 6.61 Å². The number of likely N-dealkylation sites (tertiary alicyclic amines) is 1. The summed E-state index contributed by atoms with van der Waals surface area (Å²) in [5.74, 6) is 0. The molecule has 1 saturated heterocycles. The summed E-state index contributed by atoms with van der Waals surface area (Å²) in [5, 5.41) is 9.98. The molecule has 2 nitrogen and oxygen atoms in total. The molecule has 3 rings (SSSR count). The Kier molecular flexibility index (Phi) is 4.42. The molecule has 0 atom stereocenters. The third kappa shape index (κ3) is 2.77. The fraction of sp³-hybridized carbons (Fsp3) is 0.667. The van der Waals surface area contributed by atoms with E-state index in [9.17, 15) is 5.11 Å². The van der Waals surface area contributed by atoms with Crippen LogP contribution in [-0.4, -0.2) is 35.7 Å². The first-order valence-corrected chi connectivity index (χ1v) is 8.24. The Hall–Kier alpha value is -0.860. The highest BCUT2D eigenvalue weighted by Gasteiger charge is 2.37. The smallest absolute Gasteiger partial charge is 0.0527 e. The van der Waals surface area contributed by atoms with E-state index < -0.39 is 0 Å². The van der Waals surface area contributed by atoms with Gasteiger partial charge in [-0.15, -0.1) is 0 Å². The quantitative estimate of drug-likeness (QED) is 0.913. The fourth-order valence-electron chi connectivity index (χ4n) is 4.13. The summed E-state index contributed by atoms with van der Waals surface area (Å²) < 4.78 is 0. The summed E-state index contributed by atoms with van der Waals surface area (Å²) in [6, 6.07) is 11.4. The lowest BCUT2D eigenvalue weighted by molar-refractivity contribution is 0.0776. The molecule has 0 spiro atoms. The lowest BCUT2D eigenvalue weighted by Gasteiger charge is -2.44. The van der Waals surface area contributed by atoms with Crippen LogP contribution >= 0.6 is 0 Å². The van der Waals surface area contributed by atoms with E-state index in [1.807, 2.05) is 0 Å². The van der Waals surface area contributed by atoms with Crippen molar-refractivity contribution in [3.8, 4) is 0 Å². The molecule has 1 aromatic rings. The molecule has 20 heavy (non-hydrogen) atoms. The third-order valence-corrected chi connectivity index (χ3v) is 5.51. The van der Waals surface area contributed by atoms with Crippen LogP contribution in [0.1, 0.15) is 50.5 Å². The second-order valence-corrected chi connectivity index (χ2v) is 6.63. The van der Waals surface area contributed by atoms with Crippen molar-refractivity contribution < 1.29 is 5.11 Å². The number of benzene rings is 1. The molecule has 0 unspecified atom stereocenters. The highest BCUT2D eigenvalue weighted by Crippen LogP contribution is 2.40. The molecule has 0 bridgehead atoms. The second kappa shape index (κ2) is 6.28. The summed E-state index contributed by atoms with van der Waals surface area (Å²) in [6.07, 6.45) is 8.92. The first-order chi connectivity index (χ1) is 9.84. The maximum Gasteiger partial charge on any atom is 0.0527 e. The van der Waals surface area contributed by atoms with Crippen molar-refractivity contribution in [1.29, 1.82) is 0 Å². The normalized spacial score (nSPS) is 32.1. The molecular formula is C18H27NO. The Labute approximate surface area is 122 Å². The van der Waals surface area contributed by atoms with Gasteiger partial charge in [0.05, 0.1) is 6.61 Å². The van der Waals surface area contributed by atoms with Gasteiger partial charge in [0.1, 0.15) is 0 Å². The van der Waals surface area contributed by atoms with Crippen molar-refractivity contribution in [1.82, 2.24) is 4.90 Å². The molecule has 2 heteroatoms. The van der Waals surface area contributed by atoms with Gasteiger partial charge in [-0.25, -0.2) is 0 Å². The number of nitrogens with zero attached hydrogens (tertiary/aromatic N) is 1. The van der Waals surface area contributed by atoms with Crippen LogP contribution in [0.25, 0.3) is 0 Å². The molecule has 1 heterocycles. The van der Waals surface area contributed by atoms with Crippen LogP contribution in [0.5, 0.6) is 0 Å². The van der Waals surface area contributed by atoms with Crippen molar-refractivity contribution >= 4 is 0 Å². The van der Waals surface area contributed by atoms with Gasteiger partial charge in [0.15, 0.2) is 0 Å². The maximum absolute atomic E-state index is 9.98. The Morgan fingerprint density at radius 3 is 2.25 bits per heavy atom. The largest absolute Gasteiger partial charge is 0.395 e. The molecular weight excluding hydrogens is 246 g/mol. The Morgan fingerprint density at radius 2 is 1.65 bits per heavy atom. The number of rotatable bonds is 3. The Morgan fingerprint density at radius 1 is 1.00 bits per heavy atom. The van der Waals surface area contributed by atoms with Crippen molar-refractivity contribution in [2.75, 3.05) is 19.7 Å².